The lowest BCUT2D eigenvalue weighted by atomic mass is 10.1. The van der Waals surface area contributed by atoms with Crippen LogP contribution >= 0.6 is 0 Å². The topological polar surface area (TPSA) is 20.2 Å². The van der Waals surface area contributed by atoms with Gasteiger partial charge in [0.25, 0.3) is 0 Å². The fraction of sp³-hybridized carbons (Fsp3) is 0.200. The number of hydrogen-bond donors (Lipinski definition) is 1. The zero-order valence-corrected chi connectivity index (χ0v) is 6.62. The molecule has 1 aromatic rings. The lowest BCUT2D eigenvalue weighted by Gasteiger charge is -2.01. The minimum absolute atomic E-state index is 0.112. The summed E-state index contributed by atoms with van der Waals surface area (Å²) in [5.41, 5.74) is 2.07. The van der Waals surface area contributed by atoms with Gasteiger partial charge in [0.15, 0.2) is 0 Å². The third kappa shape index (κ3) is 1.92. The molecule has 0 amide bonds. The molecule has 1 heteroatoms. The second-order valence-electron chi connectivity index (χ2n) is 2.34. The second-order valence-corrected chi connectivity index (χ2v) is 2.34. The second kappa shape index (κ2) is 3.94. The Labute approximate surface area is 67.0 Å². The quantitative estimate of drug-likeness (QED) is 0.680. The normalized spacial score (nSPS) is 11.6. The lowest BCUT2D eigenvalue weighted by molar-refractivity contribution is 0.350. The van der Waals surface area contributed by atoms with Gasteiger partial charge in [-0.1, -0.05) is 36.4 Å². The van der Waals surface area contributed by atoms with E-state index in [-0.39, 0.29) is 6.61 Å². The molecule has 0 aromatic heterocycles. The maximum absolute atomic E-state index is 8.91. The molecule has 0 aliphatic carbocycles. The minimum Gasteiger partial charge on any atom is -0.392 e. The van der Waals surface area contributed by atoms with Crippen molar-refractivity contribution in [3.05, 3.63) is 42.0 Å². The van der Waals surface area contributed by atoms with E-state index in [1.165, 1.54) is 0 Å². The van der Waals surface area contributed by atoms with E-state index in [4.69, 9.17) is 5.11 Å². The Morgan fingerprint density at radius 2 is 2.00 bits per heavy atom. The van der Waals surface area contributed by atoms with Gasteiger partial charge in [-0.3, -0.25) is 0 Å². The molecule has 0 atom stereocenters. The highest BCUT2D eigenvalue weighted by Gasteiger charge is 1.95. The summed E-state index contributed by atoms with van der Waals surface area (Å²) in [6.45, 7) is 2.04. The van der Waals surface area contributed by atoms with Gasteiger partial charge in [-0.25, -0.2) is 0 Å². The first-order valence-corrected chi connectivity index (χ1v) is 3.70. The molecule has 0 saturated carbocycles. The first-order chi connectivity index (χ1) is 5.38. The first kappa shape index (κ1) is 8.02. The van der Waals surface area contributed by atoms with Crippen molar-refractivity contribution in [3.8, 4) is 0 Å². The third-order valence-electron chi connectivity index (χ3n) is 1.66. The number of hydrogen-bond acceptors (Lipinski definition) is 1. The van der Waals surface area contributed by atoms with E-state index in [0.29, 0.717) is 0 Å². The van der Waals surface area contributed by atoms with E-state index in [9.17, 15) is 0 Å². The highest BCUT2D eigenvalue weighted by Crippen LogP contribution is 2.11. The van der Waals surface area contributed by atoms with Crippen molar-refractivity contribution >= 4 is 5.57 Å². The van der Waals surface area contributed by atoms with Gasteiger partial charge < -0.3 is 5.11 Å². The van der Waals surface area contributed by atoms with Crippen molar-refractivity contribution in [2.45, 2.75) is 6.92 Å². The van der Waals surface area contributed by atoms with Crippen LogP contribution in [-0.4, -0.2) is 11.7 Å². The highest BCUT2D eigenvalue weighted by atomic mass is 16.3. The molecular formula is C10H12O. The predicted molar refractivity (Wildman–Crippen MR) is 47.2 cm³/mol. The number of rotatable bonds is 2. The van der Waals surface area contributed by atoms with Gasteiger partial charge in [-0.2, -0.15) is 0 Å². The fourth-order valence-electron chi connectivity index (χ4n) is 1.00. The van der Waals surface area contributed by atoms with Crippen molar-refractivity contribution in [1.29, 1.82) is 0 Å². The Morgan fingerprint density at radius 3 is 2.45 bits per heavy atom. The molecule has 1 rings (SSSR count). The van der Waals surface area contributed by atoms with Gasteiger partial charge in [-0.05, 0) is 18.1 Å². The Hall–Kier alpha value is -1.08. The smallest absolute Gasteiger partial charge is 0.0684 e. The van der Waals surface area contributed by atoms with Crippen LogP contribution < -0.4 is 0 Å². The molecule has 0 unspecified atom stereocenters. The highest BCUT2D eigenvalue weighted by molar-refractivity contribution is 5.65. The summed E-state index contributed by atoms with van der Waals surface area (Å²) in [6, 6.07) is 9.88. The molecular weight excluding hydrogens is 136 g/mol. The molecule has 0 heterocycles. The summed E-state index contributed by atoms with van der Waals surface area (Å²) in [5, 5.41) is 8.91. The third-order valence-corrected chi connectivity index (χ3v) is 1.66. The SMILES string of the molecule is C/C=C(/CO)c1ccccc1. The summed E-state index contributed by atoms with van der Waals surface area (Å²) < 4.78 is 0. The van der Waals surface area contributed by atoms with Gasteiger partial charge in [-0.15, -0.1) is 0 Å². The van der Waals surface area contributed by atoms with E-state index in [1.807, 2.05) is 43.3 Å². The standard InChI is InChI=1S/C10H12O/c1-2-9(8-11)10-6-4-3-5-7-10/h2-7,11H,8H2,1H3/b9-2-. The number of aliphatic hydroxyl groups is 1. The van der Waals surface area contributed by atoms with E-state index < -0.39 is 0 Å². The van der Waals surface area contributed by atoms with Crippen LogP contribution in [0, 0.1) is 0 Å². The molecule has 0 saturated heterocycles. The molecule has 0 radical (unpaired) electrons. The molecule has 0 spiro atoms. The van der Waals surface area contributed by atoms with Crippen molar-refractivity contribution in [2.24, 2.45) is 0 Å². The van der Waals surface area contributed by atoms with Crippen LogP contribution in [0.4, 0.5) is 0 Å². The van der Waals surface area contributed by atoms with Gasteiger partial charge in [0.05, 0.1) is 6.61 Å². The van der Waals surface area contributed by atoms with E-state index in [2.05, 4.69) is 0 Å². The van der Waals surface area contributed by atoms with Crippen LogP contribution in [0.5, 0.6) is 0 Å². The maximum atomic E-state index is 8.91. The average Bonchev–Trinajstić information content (AvgIpc) is 2.09. The monoisotopic (exact) mass is 148 g/mol. The van der Waals surface area contributed by atoms with Crippen molar-refractivity contribution in [1.82, 2.24) is 0 Å². The fourth-order valence-corrected chi connectivity index (χ4v) is 1.00. The van der Waals surface area contributed by atoms with Gasteiger partial charge in [0, 0.05) is 0 Å². The Kier molecular flexibility index (Phi) is 2.87. The molecule has 0 bridgehead atoms. The van der Waals surface area contributed by atoms with E-state index >= 15 is 0 Å². The van der Waals surface area contributed by atoms with Crippen molar-refractivity contribution in [2.75, 3.05) is 6.61 Å². The van der Waals surface area contributed by atoms with Crippen LogP contribution in [0.25, 0.3) is 5.57 Å². The molecule has 0 aliphatic heterocycles. The lowest BCUT2D eigenvalue weighted by Crippen LogP contribution is -1.88. The summed E-state index contributed by atoms with van der Waals surface area (Å²) >= 11 is 0. The van der Waals surface area contributed by atoms with Crippen LogP contribution in [0.1, 0.15) is 12.5 Å². The van der Waals surface area contributed by atoms with Crippen LogP contribution in [0.3, 0.4) is 0 Å². The summed E-state index contributed by atoms with van der Waals surface area (Å²) in [5.74, 6) is 0. The molecule has 0 fully saturated rings. The number of aliphatic hydroxyl groups excluding tert-OH is 1. The van der Waals surface area contributed by atoms with Gasteiger partial charge in [0.2, 0.25) is 0 Å². The number of allylic oxidation sites excluding steroid dienone is 1. The Balaban J connectivity index is 2.92. The van der Waals surface area contributed by atoms with Crippen molar-refractivity contribution < 1.29 is 5.11 Å². The Bertz CT molecular complexity index is 236. The molecule has 1 N–H and O–H groups in total. The maximum Gasteiger partial charge on any atom is 0.0684 e. The largest absolute Gasteiger partial charge is 0.392 e. The average molecular weight is 148 g/mol. The summed E-state index contributed by atoms with van der Waals surface area (Å²) in [7, 11) is 0. The van der Waals surface area contributed by atoms with Crippen molar-refractivity contribution in [3.63, 3.8) is 0 Å². The molecule has 1 aromatic carbocycles. The summed E-state index contributed by atoms with van der Waals surface area (Å²) in [4.78, 5) is 0. The molecule has 1 nitrogen and oxygen atoms in total. The molecule has 0 aliphatic rings. The van der Waals surface area contributed by atoms with E-state index in [1.54, 1.807) is 0 Å². The minimum atomic E-state index is 0.112. The van der Waals surface area contributed by atoms with Crippen LogP contribution in [0.2, 0.25) is 0 Å². The van der Waals surface area contributed by atoms with Gasteiger partial charge in [0.1, 0.15) is 0 Å². The Morgan fingerprint density at radius 1 is 1.36 bits per heavy atom. The predicted octanol–water partition coefficient (Wildman–Crippen LogP) is 2.08. The number of benzene rings is 1. The zero-order valence-electron chi connectivity index (χ0n) is 6.62. The van der Waals surface area contributed by atoms with Gasteiger partial charge >= 0.3 is 0 Å². The zero-order chi connectivity index (χ0) is 8.10. The first-order valence-electron chi connectivity index (χ1n) is 3.70. The molecule has 58 valence electrons. The summed E-state index contributed by atoms with van der Waals surface area (Å²) in [6.07, 6.45) is 1.93. The van der Waals surface area contributed by atoms with Crippen LogP contribution in [-0.2, 0) is 0 Å². The van der Waals surface area contributed by atoms with Crippen LogP contribution in [0.15, 0.2) is 36.4 Å². The molecule has 11 heavy (non-hydrogen) atoms. The van der Waals surface area contributed by atoms with E-state index in [0.717, 1.165) is 11.1 Å².